The van der Waals surface area contributed by atoms with Gasteiger partial charge in [-0.15, -0.1) is 25.6 Å². The number of nitrogens with one attached hydrogen (secondary N) is 2. The van der Waals surface area contributed by atoms with Gasteiger partial charge in [0, 0.05) is 20.0 Å². The summed E-state index contributed by atoms with van der Waals surface area (Å²) < 4.78 is 42.5. The second kappa shape index (κ2) is 7.01. The second-order valence-electron chi connectivity index (χ2n) is 4.22. The van der Waals surface area contributed by atoms with E-state index < -0.39 is 6.36 Å². The fourth-order valence-corrected chi connectivity index (χ4v) is 2.80. The molecule has 10 heteroatoms. The molecule has 22 heavy (non-hydrogen) atoms. The van der Waals surface area contributed by atoms with Crippen molar-refractivity contribution >= 4 is 39.9 Å². The summed E-state index contributed by atoms with van der Waals surface area (Å²) in [6, 6.07) is 3.93. The minimum Gasteiger partial charge on any atom is -0.406 e. The van der Waals surface area contributed by atoms with Gasteiger partial charge in [0.15, 0.2) is 4.80 Å². The molecule has 1 amide bonds. The molecule has 2 aromatic rings. The fourth-order valence-electron chi connectivity index (χ4n) is 1.83. The number of hydrogen-bond donors (Lipinski definition) is 2. The Morgan fingerprint density at radius 1 is 1.45 bits per heavy atom. The standard InChI is InChI=1S/C12H12F3N3O2S.ClH/c1-7(19)17-4-5-18-9-3-2-8(20-12(13,14)15)6-10(9)21-11(18)16;/h2-3,6,16H,4-5H2,1H3,(H,17,19);1H. The molecule has 2 N–H and O–H groups in total. The second-order valence-corrected chi connectivity index (χ2v) is 5.25. The fraction of sp³-hybridized carbons (Fsp3) is 0.333. The van der Waals surface area contributed by atoms with Crippen LogP contribution in [0.4, 0.5) is 13.2 Å². The van der Waals surface area contributed by atoms with Crippen molar-refractivity contribution in [1.29, 1.82) is 5.41 Å². The topological polar surface area (TPSA) is 67.1 Å². The predicted octanol–water partition coefficient (Wildman–Crippen LogP) is 2.64. The van der Waals surface area contributed by atoms with Gasteiger partial charge in [0.1, 0.15) is 5.75 Å². The summed E-state index contributed by atoms with van der Waals surface area (Å²) in [6.45, 7) is 2.11. The summed E-state index contributed by atoms with van der Waals surface area (Å²) >= 11 is 1.05. The first-order valence-corrected chi connectivity index (χ1v) is 6.76. The lowest BCUT2D eigenvalue weighted by molar-refractivity contribution is -0.274. The molecule has 0 atom stereocenters. The van der Waals surface area contributed by atoms with Gasteiger partial charge >= 0.3 is 6.36 Å². The average Bonchev–Trinajstić information content (AvgIpc) is 2.62. The van der Waals surface area contributed by atoms with E-state index >= 15 is 0 Å². The SMILES string of the molecule is CC(=O)NCCn1c(=N)sc2cc(OC(F)(F)F)ccc21.Cl. The quantitative estimate of drug-likeness (QED) is 0.885. The summed E-state index contributed by atoms with van der Waals surface area (Å²) in [7, 11) is 0. The normalized spacial score (nSPS) is 11.1. The number of nitrogens with zero attached hydrogens (tertiary/aromatic N) is 1. The summed E-state index contributed by atoms with van der Waals surface area (Å²) in [5.41, 5.74) is 0.630. The molecule has 1 heterocycles. The van der Waals surface area contributed by atoms with Crippen LogP contribution in [0.2, 0.25) is 0 Å². The number of thiazole rings is 1. The molecule has 0 saturated carbocycles. The highest BCUT2D eigenvalue weighted by atomic mass is 35.5. The number of aromatic nitrogens is 1. The molecule has 0 unspecified atom stereocenters. The highest BCUT2D eigenvalue weighted by Gasteiger charge is 2.31. The third-order valence-corrected chi connectivity index (χ3v) is 3.58. The number of fused-ring (bicyclic) bond motifs is 1. The van der Waals surface area contributed by atoms with E-state index in [-0.39, 0.29) is 28.9 Å². The van der Waals surface area contributed by atoms with Crippen LogP contribution in [0.25, 0.3) is 10.2 Å². The molecule has 0 bridgehead atoms. The number of ether oxygens (including phenoxy) is 1. The lowest BCUT2D eigenvalue weighted by Crippen LogP contribution is -2.27. The Labute approximate surface area is 133 Å². The van der Waals surface area contributed by atoms with E-state index in [1.165, 1.54) is 25.1 Å². The highest BCUT2D eigenvalue weighted by Crippen LogP contribution is 2.27. The summed E-state index contributed by atoms with van der Waals surface area (Å²) in [5.74, 6) is -0.493. The maximum absolute atomic E-state index is 12.2. The number of hydrogen-bond acceptors (Lipinski definition) is 4. The van der Waals surface area contributed by atoms with Crippen molar-refractivity contribution in [2.75, 3.05) is 6.54 Å². The molecule has 0 spiro atoms. The number of amides is 1. The Morgan fingerprint density at radius 3 is 2.73 bits per heavy atom. The Morgan fingerprint density at radius 2 is 2.14 bits per heavy atom. The first kappa shape index (κ1) is 18.3. The van der Waals surface area contributed by atoms with Gasteiger partial charge in [-0.1, -0.05) is 11.3 Å². The number of carbonyl (C=O) groups is 1. The van der Waals surface area contributed by atoms with Crippen LogP contribution in [0.5, 0.6) is 5.75 Å². The van der Waals surface area contributed by atoms with Gasteiger partial charge in [-0.25, -0.2) is 0 Å². The van der Waals surface area contributed by atoms with Gasteiger partial charge in [-0.2, -0.15) is 0 Å². The third-order valence-electron chi connectivity index (χ3n) is 2.62. The molecule has 0 saturated heterocycles. The molecule has 0 aliphatic heterocycles. The molecule has 122 valence electrons. The van der Waals surface area contributed by atoms with Crippen molar-refractivity contribution in [3.63, 3.8) is 0 Å². The van der Waals surface area contributed by atoms with Crippen LogP contribution in [0, 0.1) is 5.41 Å². The molecule has 0 fully saturated rings. The van der Waals surface area contributed by atoms with Crippen molar-refractivity contribution < 1.29 is 22.7 Å². The number of alkyl halides is 3. The molecule has 5 nitrogen and oxygen atoms in total. The van der Waals surface area contributed by atoms with Crippen LogP contribution in [0.1, 0.15) is 6.92 Å². The first-order chi connectivity index (χ1) is 9.76. The average molecular weight is 356 g/mol. The van der Waals surface area contributed by atoms with E-state index in [1.54, 1.807) is 4.57 Å². The Balaban J connectivity index is 0.00000242. The third kappa shape index (κ3) is 4.63. The molecular weight excluding hydrogens is 343 g/mol. The minimum atomic E-state index is -4.74. The maximum Gasteiger partial charge on any atom is 0.573 e. The van der Waals surface area contributed by atoms with Crippen molar-refractivity contribution in [1.82, 2.24) is 9.88 Å². The van der Waals surface area contributed by atoms with Gasteiger partial charge in [-0.05, 0) is 18.2 Å². The molecule has 1 aromatic heterocycles. The van der Waals surface area contributed by atoms with Crippen LogP contribution < -0.4 is 14.9 Å². The number of halogens is 4. The predicted molar refractivity (Wildman–Crippen MR) is 78.3 cm³/mol. The molecule has 0 aliphatic carbocycles. The van der Waals surface area contributed by atoms with Crippen molar-refractivity contribution in [3.8, 4) is 5.75 Å². The number of carbonyl (C=O) groups excluding carboxylic acids is 1. The lowest BCUT2D eigenvalue weighted by atomic mass is 10.3. The van der Waals surface area contributed by atoms with Crippen molar-refractivity contribution in [2.45, 2.75) is 19.8 Å². The van der Waals surface area contributed by atoms with E-state index in [1.807, 2.05) is 0 Å². The molecule has 0 aliphatic rings. The van der Waals surface area contributed by atoms with Crippen LogP contribution in [0.15, 0.2) is 18.2 Å². The van der Waals surface area contributed by atoms with E-state index in [0.717, 1.165) is 11.3 Å². The van der Waals surface area contributed by atoms with E-state index in [4.69, 9.17) is 5.41 Å². The Kier molecular flexibility index (Phi) is 5.84. The van der Waals surface area contributed by atoms with Gasteiger partial charge < -0.3 is 14.6 Å². The van der Waals surface area contributed by atoms with Crippen LogP contribution >= 0.6 is 23.7 Å². The number of benzene rings is 1. The highest BCUT2D eigenvalue weighted by molar-refractivity contribution is 7.16. The van der Waals surface area contributed by atoms with E-state index in [9.17, 15) is 18.0 Å². The van der Waals surface area contributed by atoms with Crippen LogP contribution in [-0.2, 0) is 11.3 Å². The summed E-state index contributed by atoms with van der Waals surface area (Å²) in [5, 5.41) is 10.4. The number of rotatable bonds is 4. The zero-order valence-electron chi connectivity index (χ0n) is 11.4. The van der Waals surface area contributed by atoms with Gasteiger partial charge in [-0.3, -0.25) is 10.2 Å². The maximum atomic E-state index is 12.2. The Hall–Kier alpha value is -1.74. The molecule has 0 radical (unpaired) electrons. The van der Waals surface area contributed by atoms with Gasteiger partial charge in [0.25, 0.3) is 0 Å². The lowest BCUT2D eigenvalue weighted by Gasteiger charge is -2.09. The summed E-state index contributed by atoms with van der Waals surface area (Å²) in [4.78, 5) is 11.0. The van der Waals surface area contributed by atoms with E-state index in [0.29, 0.717) is 23.3 Å². The van der Waals surface area contributed by atoms with Crippen LogP contribution in [-0.4, -0.2) is 23.4 Å². The monoisotopic (exact) mass is 355 g/mol. The van der Waals surface area contributed by atoms with Gasteiger partial charge in [0.2, 0.25) is 5.91 Å². The molecule has 1 aromatic carbocycles. The zero-order chi connectivity index (χ0) is 15.6. The largest absolute Gasteiger partial charge is 0.573 e. The molecular formula is C12H13ClF3N3O2S. The van der Waals surface area contributed by atoms with Crippen molar-refractivity contribution in [2.24, 2.45) is 0 Å². The van der Waals surface area contributed by atoms with Crippen LogP contribution in [0.3, 0.4) is 0 Å². The zero-order valence-corrected chi connectivity index (χ0v) is 13.0. The van der Waals surface area contributed by atoms with E-state index in [2.05, 4.69) is 10.1 Å². The smallest absolute Gasteiger partial charge is 0.406 e. The van der Waals surface area contributed by atoms with Crippen molar-refractivity contribution in [3.05, 3.63) is 23.0 Å². The Bertz CT molecular complexity index is 726. The molecule has 2 rings (SSSR count). The summed E-state index contributed by atoms with van der Waals surface area (Å²) in [6.07, 6.45) is -4.74. The first-order valence-electron chi connectivity index (χ1n) is 5.94. The van der Waals surface area contributed by atoms with Gasteiger partial charge in [0.05, 0.1) is 10.2 Å². The minimum absolute atomic E-state index is 0.